The van der Waals surface area contributed by atoms with Crippen LogP contribution in [0.5, 0.6) is 11.5 Å². The van der Waals surface area contributed by atoms with E-state index >= 15 is 0 Å². The van der Waals surface area contributed by atoms with Gasteiger partial charge in [0.15, 0.2) is 4.80 Å². The highest BCUT2D eigenvalue weighted by atomic mass is 79.9. The van der Waals surface area contributed by atoms with Gasteiger partial charge in [0.2, 0.25) is 0 Å². The molecule has 1 aliphatic rings. The van der Waals surface area contributed by atoms with Crippen molar-refractivity contribution in [1.29, 1.82) is 0 Å². The Bertz CT molecular complexity index is 2100. The van der Waals surface area contributed by atoms with E-state index in [1.165, 1.54) is 18.4 Å². The van der Waals surface area contributed by atoms with Crippen molar-refractivity contribution in [2.24, 2.45) is 4.99 Å². The van der Waals surface area contributed by atoms with Gasteiger partial charge in [0.1, 0.15) is 17.2 Å². The lowest BCUT2D eigenvalue weighted by molar-refractivity contribution is -0.136. The van der Waals surface area contributed by atoms with Crippen LogP contribution >= 0.6 is 27.3 Å². The molecule has 0 saturated carbocycles. The number of hydrogen-bond donors (Lipinski definition) is 0. The van der Waals surface area contributed by atoms with E-state index in [0.29, 0.717) is 37.8 Å². The lowest BCUT2D eigenvalue weighted by Gasteiger charge is -2.24. The molecule has 0 fully saturated rings. The topological polar surface area (TPSA) is 96.9 Å². The highest BCUT2D eigenvalue weighted by molar-refractivity contribution is 9.10. The number of fused-ring (bicyclic) bond motifs is 1. The first-order chi connectivity index (χ1) is 21.3. The van der Waals surface area contributed by atoms with E-state index in [2.05, 4.69) is 20.9 Å². The summed E-state index contributed by atoms with van der Waals surface area (Å²) in [7, 11) is 4.52. The van der Waals surface area contributed by atoms with Gasteiger partial charge in [-0.1, -0.05) is 41.7 Å². The summed E-state index contributed by atoms with van der Waals surface area (Å²) in [6.45, 7) is 1.75. The average Bonchev–Trinajstić information content (AvgIpc) is 3.61. The molecule has 3 heterocycles. The number of aromatic nitrogens is 3. The Morgan fingerprint density at radius 1 is 1.00 bits per heavy atom. The Balaban J connectivity index is 1.56. The van der Waals surface area contributed by atoms with Gasteiger partial charge >= 0.3 is 5.97 Å². The quantitative estimate of drug-likeness (QED) is 0.225. The third kappa shape index (κ3) is 5.29. The fourth-order valence-electron chi connectivity index (χ4n) is 5.18. The zero-order valence-electron chi connectivity index (χ0n) is 24.3. The zero-order chi connectivity index (χ0) is 31.0. The van der Waals surface area contributed by atoms with Crippen molar-refractivity contribution in [2.45, 2.75) is 13.0 Å². The summed E-state index contributed by atoms with van der Waals surface area (Å²) in [6, 6.07) is 22.0. The van der Waals surface area contributed by atoms with Crippen LogP contribution in [0, 0.1) is 0 Å². The summed E-state index contributed by atoms with van der Waals surface area (Å²) >= 11 is 4.84. The summed E-state index contributed by atoms with van der Waals surface area (Å²) in [4.78, 5) is 32.3. The van der Waals surface area contributed by atoms with Crippen molar-refractivity contribution in [1.82, 2.24) is 14.3 Å². The summed E-state index contributed by atoms with van der Waals surface area (Å²) in [5.41, 5.74) is 4.38. The molecule has 5 aromatic rings. The number of carbonyl (C=O) groups is 1. The molecule has 0 N–H and O–H groups in total. The molecule has 222 valence electrons. The summed E-state index contributed by atoms with van der Waals surface area (Å²) in [5, 5.41) is 4.91. The number of hydrogen-bond acceptors (Lipinski definition) is 8. The molecule has 0 amide bonds. The minimum absolute atomic E-state index is 0.280. The van der Waals surface area contributed by atoms with Gasteiger partial charge in [-0.3, -0.25) is 9.36 Å². The van der Waals surface area contributed by atoms with E-state index < -0.39 is 12.0 Å². The van der Waals surface area contributed by atoms with Gasteiger partial charge in [0.05, 0.1) is 53.3 Å². The first-order valence-electron chi connectivity index (χ1n) is 13.6. The number of halogens is 1. The second kappa shape index (κ2) is 12.1. The minimum atomic E-state index is -0.726. The Morgan fingerprint density at radius 2 is 1.75 bits per heavy atom. The van der Waals surface area contributed by atoms with Gasteiger partial charge < -0.3 is 14.2 Å². The van der Waals surface area contributed by atoms with Crippen LogP contribution in [0.15, 0.2) is 105 Å². The van der Waals surface area contributed by atoms with Crippen molar-refractivity contribution in [3.8, 4) is 28.4 Å². The Kier molecular flexibility index (Phi) is 8.07. The maximum absolute atomic E-state index is 14.2. The molecule has 0 bridgehead atoms. The number of methoxy groups -OCH3 is 3. The Hall–Kier alpha value is -4.74. The number of rotatable bonds is 7. The number of thiazole rings is 1. The highest BCUT2D eigenvalue weighted by Gasteiger charge is 2.33. The van der Waals surface area contributed by atoms with Gasteiger partial charge in [-0.15, -0.1) is 0 Å². The van der Waals surface area contributed by atoms with E-state index in [1.807, 2.05) is 72.9 Å². The second-order valence-electron chi connectivity index (χ2n) is 9.91. The lowest BCUT2D eigenvalue weighted by Crippen LogP contribution is -2.39. The van der Waals surface area contributed by atoms with E-state index in [0.717, 1.165) is 26.9 Å². The third-order valence-corrected chi connectivity index (χ3v) is 8.94. The SMILES string of the molecule is COC(=O)C1=C(C)N=c2sc(=Cc3cn(-c4ccccc4)nc3-c3ccc(OC)c(Br)c3)c(=O)n2C1c1ccc(OC)cc1. The molecule has 0 spiro atoms. The van der Waals surface area contributed by atoms with Crippen LogP contribution < -0.4 is 24.4 Å². The summed E-state index contributed by atoms with van der Waals surface area (Å²) < 4.78 is 20.4. The Morgan fingerprint density at radius 3 is 2.41 bits per heavy atom. The summed E-state index contributed by atoms with van der Waals surface area (Å²) in [6.07, 6.45) is 3.72. The molecule has 6 rings (SSSR count). The largest absolute Gasteiger partial charge is 0.497 e. The predicted molar refractivity (Wildman–Crippen MR) is 172 cm³/mol. The standard InChI is InChI=1S/C33H27BrN4O5S/c1-19-28(32(40)43-4)30(20-10-13-24(41-2)14-11-20)38-31(39)27(44-33(38)35-19)17-22-18-37(23-8-6-5-7-9-23)36-29(22)21-12-15-26(42-3)25(34)16-21/h5-18,30H,1-4H3. The molecule has 2 aromatic heterocycles. The molecule has 0 radical (unpaired) electrons. The van der Waals surface area contributed by atoms with Crippen molar-refractivity contribution in [3.05, 3.63) is 126 Å². The molecule has 1 atom stereocenters. The molecule has 0 saturated heterocycles. The van der Waals surface area contributed by atoms with Crippen molar-refractivity contribution in [3.63, 3.8) is 0 Å². The van der Waals surface area contributed by atoms with Crippen LogP contribution in [0.3, 0.4) is 0 Å². The fourth-order valence-corrected chi connectivity index (χ4v) is 6.76. The van der Waals surface area contributed by atoms with Crippen LogP contribution in [-0.2, 0) is 9.53 Å². The average molecular weight is 672 g/mol. The minimum Gasteiger partial charge on any atom is -0.497 e. The number of para-hydroxylation sites is 1. The highest BCUT2D eigenvalue weighted by Crippen LogP contribution is 2.33. The number of allylic oxidation sites excluding steroid dienone is 1. The molecular formula is C33H27BrN4O5S. The van der Waals surface area contributed by atoms with Gasteiger partial charge in [-0.25, -0.2) is 14.5 Å². The molecule has 44 heavy (non-hydrogen) atoms. The molecule has 3 aromatic carbocycles. The number of carbonyl (C=O) groups excluding carboxylic acids is 1. The van der Waals surface area contributed by atoms with Crippen molar-refractivity contribution in [2.75, 3.05) is 21.3 Å². The number of esters is 1. The monoisotopic (exact) mass is 670 g/mol. The molecular weight excluding hydrogens is 644 g/mol. The van der Waals surface area contributed by atoms with Crippen LogP contribution in [0.4, 0.5) is 0 Å². The normalized spacial score (nSPS) is 14.7. The molecule has 11 heteroatoms. The zero-order valence-corrected chi connectivity index (χ0v) is 26.7. The smallest absolute Gasteiger partial charge is 0.338 e. The number of benzene rings is 3. The van der Waals surface area contributed by atoms with Gasteiger partial charge in [0.25, 0.3) is 5.56 Å². The number of ether oxygens (including phenoxy) is 3. The molecule has 9 nitrogen and oxygen atoms in total. The van der Waals surface area contributed by atoms with Crippen molar-refractivity contribution < 1.29 is 19.0 Å². The summed E-state index contributed by atoms with van der Waals surface area (Å²) in [5.74, 6) is 0.814. The van der Waals surface area contributed by atoms with E-state index in [-0.39, 0.29) is 5.56 Å². The number of nitrogens with zero attached hydrogens (tertiary/aromatic N) is 4. The molecule has 1 aliphatic heterocycles. The Labute approximate surface area is 265 Å². The van der Waals surface area contributed by atoms with Crippen molar-refractivity contribution >= 4 is 39.3 Å². The van der Waals surface area contributed by atoms with Gasteiger partial charge in [0, 0.05) is 17.3 Å². The van der Waals surface area contributed by atoms with E-state index in [9.17, 15) is 9.59 Å². The maximum atomic E-state index is 14.2. The van der Waals surface area contributed by atoms with Gasteiger partial charge in [-0.2, -0.15) is 5.10 Å². The third-order valence-electron chi connectivity index (χ3n) is 7.33. The van der Waals surface area contributed by atoms with Crippen LogP contribution in [0.1, 0.15) is 24.1 Å². The first kappa shape index (κ1) is 29.3. The van der Waals surface area contributed by atoms with Gasteiger partial charge in [-0.05, 0) is 77.0 Å². The van der Waals surface area contributed by atoms with E-state index in [1.54, 1.807) is 42.5 Å². The maximum Gasteiger partial charge on any atom is 0.338 e. The molecule has 1 unspecified atom stereocenters. The first-order valence-corrected chi connectivity index (χ1v) is 15.2. The second-order valence-corrected chi connectivity index (χ2v) is 11.8. The predicted octanol–water partition coefficient (Wildman–Crippen LogP) is 5.04. The van der Waals surface area contributed by atoms with E-state index in [4.69, 9.17) is 19.3 Å². The fraction of sp³-hybridized carbons (Fsp3) is 0.152. The lowest BCUT2D eigenvalue weighted by atomic mass is 9.96. The van der Waals surface area contributed by atoms with Crippen LogP contribution in [0.2, 0.25) is 0 Å². The van der Waals surface area contributed by atoms with Crippen LogP contribution in [-0.4, -0.2) is 41.6 Å². The molecule has 0 aliphatic carbocycles. The van der Waals surface area contributed by atoms with Crippen LogP contribution in [0.25, 0.3) is 23.0 Å².